The number of ketones is 1. The smallest absolute Gasteiger partial charge is 0.315 e. The van der Waals surface area contributed by atoms with Crippen molar-refractivity contribution >= 4 is 17.6 Å². The van der Waals surface area contributed by atoms with Crippen molar-refractivity contribution in [3.8, 4) is 0 Å². The van der Waals surface area contributed by atoms with Crippen LogP contribution in [0.25, 0.3) is 0 Å². The van der Waals surface area contributed by atoms with E-state index < -0.39 is 0 Å². The van der Waals surface area contributed by atoms with Gasteiger partial charge in [-0.3, -0.25) is 9.63 Å². The summed E-state index contributed by atoms with van der Waals surface area (Å²) in [5.74, 6) is 3.44. The van der Waals surface area contributed by atoms with Crippen LogP contribution in [0, 0.1) is 40.4 Å². The zero-order valence-corrected chi connectivity index (χ0v) is 24.6. The molecule has 212 valence electrons. The Morgan fingerprint density at radius 1 is 1.11 bits per heavy atom. The molecule has 0 heterocycles. The van der Waals surface area contributed by atoms with E-state index >= 15 is 0 Å². The molecule has 0 aromatic carbocycles. The van der Waals surface area contributed by atoms with Crippen LogP contribution in [0.4, 0.5) is 4.79 Å². The van der Waals surface area contributed by atoms with E-state index in [4.69, 9.17) is 4.84 Å². The summed E-state index contributed by atoms with van der Waals surface area (Å²) in [5, 5.41) is 7.97. The van der Waals surface area contributed by atoms with Crippen LogP contribution >= 0.6 is 0 Å². The fourth-order valence-electron chi connectivity index (χ4n) is 9.18. The van der Waals surface area contributed by atoms with Crippen LogP contribution in [-0.4, -0.2) is 48.2 Å². The lowest BCUT2D eigenvalue weighted by atomic mass is 9.46. The molecule has 4 saturated carbocycles. The molecule has 6 nitrogen and oxygen atoms in total. The van der Waals surface area contributed by atoms with Crippen LogP contribution in [0.1, 0.15) is 105 Å². The number of carbonyl (C=O) groups is 2. The Hall–Kier alpha value is -1.69. The highest BCUT2D eigenvalue weighted by Gasteiger charge is 2.59. The molecule has 0 unspecified atom stereocenters. The molecule has 5 aliphatic rings. The Morgan fingerprint density at radius 2 is 1.89 bits per heavy atom. The van der Waals surface area contributed by atoms with Gasteiger partial charge >= 0.3 is 6.09 Å². The van der Waals surface area contributed by atoms with Gasteiger partial charge in [-0.05, 0) is 118 Å². The number of carbonyl (C=O) groups excluding carboxylic acids is 2. The third-order valence-corrected chi connectivity index (χ3v) is 11.6. The summed E-state index contributed by atoms with van der Waals surface area (Å²) in [6, 6.07) is 0.296. The SMILES string of the molecule is C/C(=N\OC(=O)N(CCNCC(C)C)C1CCC1)[C@H]1CC[C@H]2[C@@H]3CCC4=CC(=O)CC[C@]4(C)[C@H]3CC[C@]12C. The van der Waals surface area contributed by atoms with Crippen LogP contribution in [0.15, 0.2) is 16.8 Å². The number of hydrogen-bond donors (Lipinski definition) is 1. The van der Waals surface area contributed by atoms with Gasteiger partial charge < -0.3 is 10.2 Å². The van der Waals surface area contributed by atoms with Crippen LogP contribution in [0.2, 0.25) is 0 Å². The summed E-state index contributed by atoms with van der Waals surface area (Å²) in [5.41, 5.74) is 2.87. The lowest BCUT2D eigenvalue weighted by Gasteiger charge is -2.58. The standard InChI is InChI=1S/C32H51N3O3/c1-21(2)20-33-17-18-35(24-7-6-8-24)30(37)38-34-22(3)27-11-12-28-26-10-9-23-19-25(36)13-15-31(23,4)29(26)14-16-32(27,28)5/h19,21,24,26-29,33H,6-18,20H2,1-5H3/b34-22+/t26-,27+,28-,29-,31-,32+/m0/s1. The zero-order chi connectivity index (χ0) is 27.1. The highest BCUT2D eigenvalue weighted by Crippen LogP contribution is 2.66. The first kappa shape index (κ1) is 27.9. The summed E-state index contributed by atoms with van der Waals surface area (Å²) < 4.78 is 0. The molecule has 0 bridgehead atoms. The second-order valence-electron chi connectivity index (χ2n) is 14.1. The molecule has 0 aliphatic heterocycles. The molecule has 6 heteroatoms. The predicted octanol–water partition coefficient (Wildman–Crippen LogP) is 6.75. The van der Waals surface area contributed by atoms with Crippen LogP contribution in [0.5, 0.6) is 0 Å². The lowest BCUT2D eigenvalue weighted by molar-refractivity contribution is -0.117. The topological polar surface area (TPSA) is 71.0 Å². The first-order valence-electron chi connectivity index (χ1n) is 15.6. The zero-order valence-electron chi connectivity index (χ0n) is 24.6. The van der Waals surface area contributed by atoms with Crippen molar-refractivity contribution in [2.24, 2.45) is 45.6 Å². The summed E-state index contributed by atoms with van der Waals surface area (Å²) in [6.07, 6.45) is 13.9. The molecule has 5 rings (SSSR count). The average molecular weight is 526 g/mol. The van der Waals surface area contributed by atoms with E-state index in [1.54, 1.807) is 0 Å². The summed E-state index contributed by atoms with van der Waals surface area (Å²) >= 11 is 0. The second-order valence-corrected chi connectivity index (χ2v) is 14.1. The number of fused-ring (bicyclic) bond motifs is 5. The van der Waals surface area contributed by atoms with Crippen molar-refractivity contribution < 1.29 is 14.4 Å². The summed E-state index contributed by atoms with van der Waals surface area (Å²) in [6.45, 7) is 13.9. The van der Waals surface area contributed by atoms with E-state index in [9.17, 15) is 9.59 Å². The van der Waals surface area contributed by atoms with E-state index in [0.29, 0.717) is 42.0 Å². The molecule has 0 aromatic rings. The Labute approximate surface area is 230 Å². The first-order valence-corrected chi connectivity index (χ1v) is 15.6. The Bertz CT molecular complexity index is 969. The molecule has 6 atom stereocenters. The van der Waals surface area contributed by atoms with Crippen molar-refractivity contribution in [3.05, 3.63) is 11.6 Å². The van der Waals surface area contributed by atoms with Crippen LogP contribution in [-0.2, 0) is 9.63 Å². The average Bonchev–Trinajstić information content (AvgIpc) is 3.20. The fourth-order valence-corrected chi connectivity index (χ4v) is 9.18. The number of hydrogen-bond acceptors (Lipinski definition) is 5. The number of amides is 1. The minimum Gasteiger partial charge on any atom is -0.315 e. The highest BCUT2D eigenvalue weighted by atomic mass is 16.7. The molecule has 38 heavy (non-hydrogen) atoms. The molecule has 1 N–H and O–H groups in total. The summed E-state index contributed by atoms with van der Waals surface area (Å²) in [7, 11) is 0. The number of allylic oxidation sites excluding steroid dienone is 1. The second kappa shape index (κ2) is 11.1. The molecule has 0 radical (unpaired) electrons. The largest absolute Gasteiger partial charge is 0.436 e. The highest BCUT2D eigenvalue weighted by molar-refractivity contribution is 5.91. The van der Waals surface area contributed by atoms with Crippen molar-refractivity contribution in [3.63, 3.8) is 0 Å². The third-order valence-electron chi connectivity index (χ3n) is 11.6. The maximum absolute atomic E-state index is 13.1. The third kappa shape index (κ3) is 5.11. The van der Waals surface area contributed by atoms with E-state index in [0.717, 1.165) is 63.2 Å². The quantitative estimate of drug-likeness (QED) is 0.165. The van der Waals surface area contributed by atoms with E-state index in [1.165, 1.54) is 37.7 Å². The minimum atomic E-state index is -0.282. The Balaban J connectivity index is 1.23. The maximum Gasteiger partial charge on any atom is 0.436 e. The Morgan fingerprint density at radius 3 is 2.61 bits per heavy atom. The Kier molecular flexibility index (Phi) is 8.11. The van der Waals surface area contributed by atoms with Gasteiger partial charge in [0.15, 0.2) is 5.78 Å². The van der Waals surface area contributed by atoms with Gasteiger partial charge in [0.2, 0.25) is 0 Å². The van der Waals surface area contributed by atoms with Gasteiger partial charge in [0.25, 0.3) is 0 Å². The molecular formula is C32H51N3O3. The van der Waals surface area contributed by atoms with Crippen LogP contribution < -0.4 is 5.32 Å². The van der Waals surface area contributed by atoms with Gasteiger partial charge in [0.1, 0.15) is 0 Å². The molecule has 1 amide bonds. The fraction of sp³-hybridized carbons (Fsp3) is 0.844. The number of nitrogens with zero attached hydrogens (tertiary/aromatic N) is 2. The number of nitrogens with one attached hydrogen (secondary N) is 1. The van der Waals surface area contributed by atoms with Gasteiger partial charge in [-0.1, -0.05) is 38.4 Å². The van der Waals surface area contributed by atoms with E-state index in [1.807, 2.05) is 11.0 Å². The van der Waals surface area contributed by atoms with Crippen molar-refractivity contribution in [2.45, 2.75) is 111 Å². The van der Waals surface area contributed by atoms with Gasteiger partial charge in [-0.2, -0.15) is 0 Å². The number of rotatable bonds is 8. The molecule has 0 spiro atoms. The van der Waals surface area contributed by atoms with Gasteiger partial charge in [0, 0.05) is 31.5 Å². The molecule has 0 aromatic heterocycles. The lowest BCUT2D eigenvalue weighted by Crippen LogP contribution is -2.51. The van der Waals surface area contributed by atoms with E-state index in [2.05, 4.69) is 45.1 Å². The summed E-state index contributed by atoms with van der Waals surface area (Å²) in [4.78, 5) is 32.8. The van der Waals surface area contributed by atoms with E-state index in [-0.39, 0.29) is 16.9 Å². The normalized spacial score (nSPS) is 37.2. The first-order chi connectivity index (χ1) is 18.1. The minimum absolute atomic E-state index is 0.212. The van der Waals surface area contributed by atoms with Crippen LogP contribution in [0.3, 0.4) is 0 Å². The molecule has 0 saturated heterocycles. The van der Waals surface area contributed by atoms with Gasteiger partial charge in [0.05, 0.1) is 5.71 Å². The predicted molar refractivity (Wildman–Crippen MR) is 152 cm³/mol. The van der Waals surface area contributed by atoms with Gasteiger partial charge in [-0.25, -0.2) is 4.79 Å². The monoisotopic (exact) mass is 525 g/mol. The van der Waals surface area contributed by atoms with Gasteiger partial charge in [-0.15, -0.1) is 0 Å². The van der Waals surface area contributed by atoms with Crippen molar-refractivity contribution in [1.29, 1.82) is 0 Å². The van der Waals surface area contributed by atoms with Crippen molar-refractivity contribution in [1.82, 2.24) is 10.2 Å². The molecular weight excluding hydrogens is 474 g/mol. The van der Waals surface area contributed by atoms with Crippen molar-refractivity contribution in [2.75, 3.05) is 19.6 Å². The molecule has 4 fully saturated rings. The molecule has 5 aliphatic carbocycles. The number of oxime groups is 1. The maximum atomic E-state index is 13.1.